The normalized spacial score (nSPS) is 14.1. The lowest BCUT2D eigenvalue weighted by Gasteiger charge is -2.12. The van der Waals surface area contributed by atoms with Crippen molar-refractivity contribution in [3.63, 3.8) is 0 Å². The quantitative estimate of drug-likeness (QED) is 0.423. The fraction of sp³-hybridized carbons (Fsp3) is 0.381. The summed E-state index contributed by atoms with van der Waals surface area (Å²) in [6.45, 7) is 3.05. The van der Waals surface area contributed by atoms with Crippen LogP contribution in [0.1, 0.15) is 47.9 Å². The van der Waals surface area contributed by atoms with E-state index >= 15 is 0 Å². The standard InChI is InChI=1S/C21H25N7O2/c1-2-23-20(29)15-5-9-17(10-6-15)28-18(4-3-12-27-13-11-22-14-27)19(25-26-28)21(30)24-16-7-8-16/h5-6,9-11,13-14,16H,2-4,7-8,12H2,1H3,(H,23,29)(H,24,30)/p-1. The highest BCUT2D eigenvalue weighted by Crippen LogP contribution is 2.21. The van der Waals surface area contributed by atoms with E-state index in [-0.39, 0.29) is 17.8 Å². The highest BCUT2D eigenvalue weighted by atomic mass is 16.3. The van der Waals surface area contributed by atoms with Crippen molar-refractivity contribution in [3.05, 3.63) is 59.9 Å². The van der Waals surface area contributed by atoms with E-state index in [1.807, 2.05) is 17.7 Å². The number of carbonyl (C=O) groups excluding carboxylic acids is 1. The van der Waals surface area contributed by atoms with E-state index in [0.29, 0.717) is 24.2 Å². The third kappa shape index (κ3) is 4.56. The molecule has 1 amide bonds. The minimum absolute atomic E-state index is 0.185. The van der Waals surface area contributed by atoms with Crippen LogP contribution in [0.25, 0.3) is 5.69 Å². The van der Waals surface area contributed by atoms with Gasteiger partial charge in [0.1, 0.15) is 0 Å². The van der Waals surface area contributed by atoms with Gasteiger partial charge in [-0.05, 0) is 56.2 Å². The second-order valence-electron chi connectivity index (χ2n) is 7.27. The van der Waals surface area contributed by atoms with Gasteiger partial charge >= 0.3 is 0 Å². The first kappa shape index (κ1) is 19.8. The van der Waals surface area contributed by atoms with Crippen LogP contribution in [0.3, 0.4) is 0 Å². The third-order valence-corrected chi connectivity index (χ3v) is 4.94. The fourth-order valence-corrected chi connectivity index (χ4v) is 3.22. The molecule has 0 aliphatic heterocycles. The second kappa shape index (κ2) is 8.89. The van der Waals surface area contributed by atoms with Crippen LogP contribution in [-0.4, -0.2) is 48.9 Å². The average Bonchev–Trinajstić information content (AvgIpc) is 3.24. The molecule has 1 aliphatic carbocycles. The minimum Gasteiger partial charge on any atom is -0.858 e. The number of nitrogens with zero attached hydrogens (tertiary/aromatic N) is 6. The molecule has 156 valence electrons. The Bertz CT molecular complexity index is 1020. The van der Waals surface area contributed by atoms with Crippen LogP contribution in [0.2, 0.25) is 0 Å². The Labute approximate surface area is 174 Å². The van der Waals surface area contributed by atoms with Gasteiger partial charge in [-0.25, -0.2) is 9.67 Å². The predicted molar refractivity (Wildman–Crippen MR) is 109 cm³/mol. The van der Waals surface area contributed by atoms with Crippen molar-refractivity contribution in [1.82, 2.24) is 29.9 Å². The van der Waals surface area contributed by atoms with E-state index in [0.717, 1.165) is 37.2 Å². The Hall–Kier alpha value is -3.49. The average molecular weight is 406 g/mol. The Morgan fingerprint density at radius 1 is 1.30 bits per heavy atom. The van der Waals surface area contributed by atoms with Gasteiger partial charge in [0.05, 0.1) is 17.7 Å². The van der Waals surface area contributed by atoms with Crippen molar-refractivity contribution in [2.45, 2.75) is 45.2 Å². The predicted octanol–water partition coefficient (Wildman–Crippen LogP) is 1.12. The highest BCUT2D eigenvalue weighted by molar-refractivity contribution is 5.94. The first-order chi connectivity index (χ1) is 14.7. The summed E-state index contributed by atoms with van der Waals surface area (Å²) in [6.07, 6.45) is 8.88. The number of amides is 1. The van der Waals surface area contributed by atoms with E-state index in [1.54, 1.807) is 41.5 Å². The lowest BCUT2D eigenvalue weighted by molar-refractivity contribution is -0.213. The lowest BCUT2D eigenvalue weighted by Crippen LogP contribution is -2.27. The number of imidazole rings is 1. The molecule has 1 fully saturated rings. The van der Waals surface area contributed by atoms with Crippen molar-refractivity contribution < 1.29 is 9.90 Å². The van der Waals surface area contributed by atoms with Crippen LogP contribution in [0.15, 0.2) is 48.0 Å². The smallest absolute Gasteiger partial charge is 0.273 e. The number of benzene rings is 1. The molecule has 30 heavy (non-hydrogen) atoms. The molecule has 0 atom stereocenters. The van der Waals surface area contributed by atoms with Gasteiger partial charge in [-0.15, -0.1) is 5.10 Å². The van der Waals surface area contributed by atoms with Crippen molar-refractivity contribution >= 4 is 11.8 Å². The van der Waals surface area contributed by atoms with Gasteiger partial charge in [-0.1, -0.05) is 17.3 Å². The summed E-state index contributed by atoms with van der Waals surface area (Å²) in [7, 11) is 0. The van der Waals surface area contributed by atoms with Crippen LogP contribution in [0.5, 0.6) is 0 Å². The van der Waals surface area contributed by atoms with Gasteiger partial charge in [0, 0.05) is 31.5 Å². The van der Waals surface area contributed by atoms with Gasteiger partial charge < -0.3 is 20.0 Å². The number of aryl methyl sites for hydroxylation is 1. The molecular weight excluding hydrogens is 382 g/mol. The number of rotatable bonds is 9. The Morgan fingerprint density at radius 2 is 2.10 bits per heavy atom. The summed E-state index contributed by atoms with van der Waals surface area (Å²) in [4.78, 5) is 20.6. The Kier molecular flexibility index (Phi) is 5.87. The SMILES string of the molecule is CCN=C([O-])c1ccc(-n2nnc(C(=O)NC3CC3)c2CCCn2ccnc2)cc1. The summed E-state index contributed by atoms with van der Waals surface area (Å²) in [5, 5.41) is 23.4. The van der Waals surface area contributed by atoms with Gasteiger partial charge in [0.25, 0.3) is 5.91 Å². The zero-order valence-corrected chi connectivity index (χ0v) is 16.9. The van der Waals surface area contributed by atoms with E-state index in [2.05, 4.69) is 25.6 Å². The Balaban J connectivity index is 1.58. The molecule has 0 spiro atoms. The minimum atomic E-state index is -0.243. The molecule has 1 saturated carbocycles. The molecule has 1 aromatic carbocycles. The topological polar surface area (TPSA) is 113 Å². The summed E-state index contributed by atoms with van der Waals surface area (Å²) >= 11 is 0. The number of carbonyl (C=O) groups is 1. The molecule has 1 aliphatic rings. The zero-order valence-electron chi connectivity index (χ0n) is 16.9. The lowest BCUT2D eigenvalue weighted by atomic mass is 10.1. The van der Waals surface area contributed by atoms with Crippen molar-refractivity contribution in [2.24, 2.45) is 4.99 Å². The summed E-state index contributed by atoms with van der Waals surface area (Å²) < 4.78 is 3.68. The van der Waals surface area contributed by atoms with Crippen molar-refractivity contribution in [3.8, 4) is 5.69 Å². The van der Waals surface area contributed by atoms with Gasteiger partial charge in [-0.2, -0.15) is 0 Å². The first-order valence-electron chi connectivity index (χ1n) is 10.2. The van der Waals surface area contributed by atoms with Crippen LogP contribution in [0, 0.1) is 0 Å². The number of nitrogens with one attached hydrogen (secondary N) is 1. The molecule has 2 aromatic heterocycles. The number of aromatic nitrogens is 5. The Morgan fingerprint density at radius 3 is 2.77 bits per heavy atom. The number of aliphatic imine (C=N–C) groups is 1. The van der Waals surface area contributed by atoms with Gasteiger partial charge in [0.15, 0.2) is 5.69 Å². The van der Waals surface area contributed by atoms with E-state index in [1.165, 1.54) is 0 Å². The van der Waals surface area contributed by atoms with Crippen molar-refractivity contribution in [1.29, 1.82) is 0 Å². The monoisotopic (exact) mass is 406 g/mol. The van der Waals surface area contributed by atoms with Crippen LogP contribution < -0.4 is 10.4 Å². The van der Waals surface area contributed by atoms with E-state index in [9.17, 15) is 9.90 Å². The molecule has 2 heterocycles. The molecule has 0 unspecified atom stereocenters. The second-order valence-corrected chi connectivity index (χ2v) is 7.27. The van der Waals surface area contributed by atoms with E-state index in [4.69, 9.17) is 0 Å². The third-order valence-electron chi connectivity index (χ3n) is 4.94. The van der Waals surface area contributed by atoms with Crippen LogP contribution in [-0.2, 0) is 13.0 Å². The largest absolute Gasteiger partial charge is 0.858 e. The highest BCUT2D eigenvalue weighted by Gasteiger charge is 2.27. The molecule has 3 aromatic rings. The molecule has 9 nitrogen and oxygen atoms in total. The van der Waals surface area contributed by atoms with Crippen molar-refractivity contribution in [2.75, 3.05) is 6.54 Å². The zero-order chi connectivity index (χ0) is 20.9. The molecule has 0 saturated heterocycles. The number of hydrogen-bond acceptors (Lipinski definition) is 6. The number of hydrogen-bond donors (Lipinski definition) is 1. The maximum atomic E-state index is 12.7. The molecule has 4 rings (SSSR count). The van der Waals surface area contributed by atoms with Crippen LogP contribution in [0.4, 0.5) is 0 Å². The van der Waals surface area contributed by atoms with Gasteiger partial charge in [0.2, 0.25) is 0 Å². The summed E-state index contributed by atoms with van der Waals surface area (Å²) in [5.74, 6) is -0.428. The van der Waals surface area contributed by atoms with E-state index < -0.39 is 0 Å². The summed E-state index contributed by atoms with van der Waals surface area (Å²) in [5.41, 5.74) is 2.38. The maximum absolute atomic E-state index is 12.7. The van der Waals surface area contributed by atoms with Gasteiger partial charge in [-0.3, -0.25) is 4.79 Å². The molecule has 9 heteroatoms. The van der Waals surface area contributed by atoms with Crippen LogP contribution >= 0.6 is 0 Å². The molecular formula is C21H24N7O2-. The molecule has 1 N–H and O–H groups in total. The molecule has 0 bridgehead atoms. The fourth-order valence-electron chi connectivity index (χ4n) is 3.22. The first-order valence-corrected chi connectivity index (χ1v) is 10.2. The maximum Gasteiger partial charge on any atom is 0.273 e. The molecule has 0 radical (unpaired) electrons. The summed E-state index contributed by atoms with van der Waals surface area (Å²) in [6, 6.07) is 7.29.